The van der Waals surface area contributed by atoms with E-state index in [1.54, 1.807) is 11.9 Å². The van der Waals surface area contributed by atoms with Crippen molar-refractivity contribution >= 4 is 23.3 Å². The van der Waals surface area contributed by atoms with Crippen molar-refractivity contribution in [2.45, 2.75) is 19.3 Å². The van der Waals surface area contributed by atoms with Crippen LogP contribution in [0.25, 0.3) is 11.1 Å². The summed E-state index contributed by atoms with van der Waals surface area (Å²) in [5.41, 5.74) is 9.16. The molecule has 0 saturated carbocycles. The fraction of sp³-hybridized carbons (Fsp3) is 0.350. The van der Waals surface area contributed by atoms with Crippen LogP contribution in [0.4, 0.5) is 11.5 Å². The lowest BCUT2D eigenvalue weighted by Gasteiger charge is -2.11. The van der Waals surface area contributed by atoms with Crippen LogP contribution in [0.5, 0.6) is 0 Å². The minimum atomic E-state index is -0.303. The van der Waals surface area contributed by atoms with Gasteiger partial charge in [0.25, 0.3) is 0 Å². The minimum Gasteiger partial charge on any atom is -0.380 e. The largest absolute Gasteiger partial charge is 0.380 e. The van der Waals surface area contributed by atoms with E-state index in [1.807, 2.05) is 30.5 Å². The Morgan fingerprint density at radius 1 is 1.26 bits per heavy atom. The summed E-state index contributed by atoms with van der Waals surface area (Å²) in [6.07, 6.45) is 3.26. The number of benzene rings is 1. The number of anilines is 2. The van der Waals surface area contributed by atoms with Gasteiger partial charge in [0, 0.05) is 44.1 Å². The number of carbonyl (C=O) groups excluding carboxylic acids is 2. The van der Waals surface area contributed by atoms with E-state index in [9.17, 15) is 9.59 Å². The summed E-state index contributed by atoms with van der Waals surface area (Å²) < 4.78 is 5.43. The zero-order chi connectivity index (χ0) is 19.2. The molecule has 142 valence electrons. The number of amides is 2. The van der Waals surface area contributed by atoms with E-state index < -0.39 is 0 Å². The van der Waals surface area contributed by atoms with Gasteiger partial charge in [-0.1, -0.05) is 6.07 Å². The van der Waals surface area contributed by atoms with E-state index in [4.69, 9.17) is 10.5 Å². The van der Waals surface area contributed by atoms with Gasteiger partial charge in [-0.2, -0.15) is 0 Å². The van der Waals surface area contributed by atoms with Crippen LogP contribution in [0.1, 0.15) is 18.4 Å². The third-order valence-corrected chi connectivity index (χ3v) is 4.52. The molecule has 1 aliphatic rings. The van der Waals surface area contributed by atoms with Crippen molar-refractivity contribution < 1.29 is 14.3 Å². The van der Waals surface area contributed by atoms with Gasteiger partial charge in [-0.05, 0) is 41.8 Å². The number of aromatic nitrogens is 1. The van der Waals surface area contributed by atoms with E-state index in [-0.39, 0.29) is 11.8 Å². The molecule has 2 heterocycles. The summed E-state index contributed by atoms with van der Waals surface area (Å²) >= 11 is 0. The number of nitrogens with two attached hydrogens (primary N) is 1. The zero-order valence-electron chi connectivity index (χ0n) is 15.4. The van der Waals surface area contributed by atoms with Crippen molar-refractivity contribution in [2.75, 3.05) is 37.0 Å². The number of primary amides is 1. The Morgan fingerprint density at radius 3 is 2.81 bits per heavy atom. The first-order chi connectivity index (χ1) is 13.0. The third-order valence-electron chi connectivity index (χ3n) is 4.52. The highest BCUT2D eigenvalue weighted by Crippen LogP contribution is 2.31. The third kappa shape index (κ3) is 4.83. The molecule has 0 bridgehead atoms. The molecule has 0 radical (unpaired) electrons. The maximum atomic E-state index is 11.8. The van der Waals surface area contributed by atoms with Gasteiger partial charge >= 0.3 is 0 Å². The fourth-order valence-corrected chi connectivity index (χ4v) is 3.02. The second-order valence-corrected chi connectivity index (χ2v) is 6.51. The highest BCUT2D eigenvalue weighted by atomic mass is 16.5. The van der Waals surface area contributed by atoms with Crippen LogP contribution in [-0.4, -0.2) is 43.6 Å². The molecule has 3 rings (SSSR count). The lowest BCUT2D eigenvalue weighted by atomic mass is 10.0. The Bertz CT molecular complexity index is 820. The van der Waals surface area contributed by atoms with E-state index in [2.05, 4.69) is 16.4 Å². The lowest BCUT2D eigenvalue weighted by Crippen LogP contribution is -2.20. The van der Waals surface area contributed by atoms with Gasteiger partial charge in [0.2, 0.25) is 11.8 Å². The summed E-state index contributed by atoms with van der Waals surface area (Å²) in [4.78, 5) is 28.6. The first-order valence-electron chi connectivity index (χ1n) is 9.00. The number of fused-ring (bicyclic) bond motifs is 1. The molecule has 0 saturated heterocycles. The van der Waals surface area contributed by atoms with E-state index in [0.29, 0.717) is 39.0 Å². The zero-order valence-corrected chi connectivity index (χ0v) is 15.4. The van der Waals surface area contributed by atoms with Crippen molar-refractivity contribution in [3.8, 4) is 11.1 Å². The highest BCUT2D eigenvalue weighted by molar-refractivity contribution is 6.01. The predicted octanol–water partition coefficient (Wildman–Crippen LogP) is 1.96. The topological polar surface area (TPSA) is 97.5 Å². The van der Waals surface area contributed by atoms with Gasteiger partial charge in [-0.25, -0.2) is 4.98 Å². The Kier molecular flexibility index (Phi) is 6.03. The Hall–Kier alpha value is -2.93. The number of hydrogen-bond donors (Lipinski definition) is 2. The van der Waals surface area contributed by atoms with Gasteiger partial charge in [0.05, 0.1) is 13.0 Å². The second-order valence-electron chi connectivity index (χ2n) is 6.51. The van der Waals surface area contributed by atoms with Crippen LogP contribution < -0.4 is 16.0 Å². The molecule has 0 unspecified atom stereocenters. The van der Waals surface area contributed by atoms with Crippen molar-refractivity contribution in [2.24, 2.45) is 5.73 Å². The number of ether oxygens (including phenoxy) is 1. The number of rotatable bonds is 9. The maximum Gasteiger partial charge on any atom is 0.231 e. The molecule has 0 atom stereocenters. The minimum absolute atomic E-state index is 0.122. The van der Waals surface area contributed by atoms with Crippen molar-refractivity contribution in [1.29, 1.82) is 0 Å². The standard InChI is InChI=1S/C20H24N4O3/c1-24-17-6-4-14(11-16(17)12-20(24)26)15-5-7-19(23-13-15)22-8-10-27-9-2-3-18(21)25/h4-7,11,13H,2-3,8-10,12H2,1H3,(H2,21,25)(H,22,23). The summed E-state index contributed by atoms with van der Waals surface area (Å²) in [7, 11) is 1.80. The summed E-state index contributed by atoms with van der Waals surface area (Å²) in [5.74, 6) is 0.593. The van der Waals surface area contributed by atoms with Gasteiger partial charge in [-0.15, -0.1) is 0 Å². The number of hydrogen-bond acceptors (Lipinski definition) is 5. The smallest absolute Gasteiger partial charge is 0.231 e. The average Bonchev–Trinajstić information content (AvgIpc) is 2.94. The number of carbonyl (C=O) groups is 2. The number of nitrogens with zero attached hydrogens (tertiary/aromatic N) is 2. The maximum absolute atomic E-state index is 11.8. The molecule has 27 heavy (non-hydrogen) atoms. The van der Waals surface area contributed by atoms with Crippen molar-refractivity contribution in [3.63, 3.8) is 0 Å². The molecular weight excluding hydrogens is 344 g/mol. The number of nitrogens with one attached hydrogen (secondary N) is 1. The quantitative estimate of drug-likeness (QED) is 0.660. The first kappa shape index (κ1) is 18.8. The van der Waals surface area contributed by atoms with Crippen LogP contribution in [0.3, 0.4) is 0 Å². The SMILES string of the molecule is CN1C(=O)Cc2cc(-c3ccc(NCCOCCCC(N)=O)nc3)ccc21. The van der Waals surface area contributed by atoms with Crippen LogP contribution in [0.2, 0.25) is 0 Å². The molecule has 0 fully saturated rings. The normalized spacial score (nSPS) is 12.9. The van der Waals surface area contributed by atoms with E-state index in [1.165, 1.54) is 0 Å². The van der Waals surface area contributed by atoms with Crippen LogP contribution in [0, 0.1) is 0 Å². The monoisotopic (exact) mass is 368 g/mol. The summed E-state index contributed by atoms with van der Waals surface area (Å²) in [5, 5.41) is 3.20. The van der Waals surface area contributed by atoms with E-state index in [0.717, 1.165) is 28.2 Å². The highest BCUT2D eigenvalue weighted by Gasteiger charge is 2.23. The average molecular weight is 368 g/mol. The van der Waals surface area contributed by atoms with E-state index >= 15 is 0 Å². The van der Waals surface area contributed by atoms with Crippen LogP contribution in [-0.2, 0) is 20.7 Å². The summed E-state index contributed by atoms with van der Waals surface area (Å²) in [6.45, 7) is 1.69. The summed E-state index contributed by atoms with van der Waals surface area (Å²) in [6, 6.07) is 9.98. The molecule has 7 nitrogen and oxygen atoms in total. The van der Waals surface area contributed by atoms with Crippen molar-refractivity contribution in [3.05, 3.63) is 42.1 Å². The molecular formula is C20H24N4O3. The molecule has 3 N–H and O–H groups in total. The molecule has 1 aliphatic heterocycles. The van der Waals surface area contributed by atoms with Crippen LogP contribution in [0.15, 0.2) is 36.5 Å². The molecule has 0 spiro atoms. The van der Waals surface area contributed by atoms with Gasteiger partial charge in [0.1, 0.15) is 5.82 Å². The Morgan fingerprint density at radius 2 is 2.07 bits per heavy atom. The van der Waals surface area contributed by atoms with Gasteiger partial charge < -0.3 is 20.7 Å². The molecule has 2 aromatic rings. The Balaban J connectivity index is 1.49. The fourth-order valence-electron chi connectivity index (χ4n) is 3.02. The second kappa shape index (κ2) is 8.64. The first-order valence-corrected chi connectivity index (χ1v) is 9.00. The molecule has 2 amide bonds. The van der Waals surface area contributed by atoms with Gasteiger partial charge in [0.15, 0.2) is 0 Å². The molecule has 1 aromatic carbocycles. The van der Waals surface area contributed by atoms with Crippen LogP contribution >= 0.6 is 0 Å². The molecule has 0 aliphatic carbocycles. The van der Waals surface area contributed by atoms with Crippen molar-refractivity contribution in [1.82, 2.24) is 4.98 Å². The molecule has 7 heteroatoms. The predicted molar refractivity (Wildman–Crippen MR) is 105 cm³/mol. The van der Waals surface area contributed by atoms with Gasteiger partial charge in [-0.3, -0.25) is 9.59 Å². The lowest BCUT2D eigenvalue weighted by molar-refractivity contribution is -0.118. The molecule has 1 aromatic heterocycles. The Labute approximate surface area is 158 Å². The number of likely N-dealkylation sites (N-methyl/N-ethyl adjacent to an activating group) is 1. The number of pyridine rings is 1.